The third-order valence-corrected chi connectivity index (χ3v) is 5.55. The molecule has 0 amide bonds. The lowest BCUT2D eigenvalue weighted by Crippen LogP contribution is -2.40. The van der Waals surface area contributed by atoms with Crippen molar-refractivity contribution in [2.45, 2.75) is 50.3 Å². The molecular formula is C14H21NO2S. The molecule has 0 unspecified atom stereocenters. The Bertz CT molecular complexity index is 482. The van der Waals surface area contributed by atoms with Crippen molar-refractivity contribution in [3.63, 3.8) is 0 Å². The van der Waals surface area contributed by atoms with Crippen molar-refractivity contribution in [2.75, 3.05) is 0 Å². The summed E-state index contributed by atoms with van der Waals surface area (Å²) in [5.74, 6) is 0.319. The van der Waals surface area contributed by atoms with Crippen molar-refractivity contribution >= 4 is 10.0 Å². The summed E-state index contributed by atoms with van der Waals surface area (Å²) in [5, 5.41) is -0.366. The number of benzene rings is 1. The lowest BCUT2D eigenvalue weighted by atomic mass is 9.95. The van der Waals surface area contributed by atoms with E-state index < -0.39 is 10.0 Å². The summed E-state index contributed by atoms with van der Waals surface area (Å²) in [6.45, 7) is 3.43. The quantitative estimate of drug-likeness (QED) is 0.911. The maximum Gasteiger partial charge on any atom is 0.214 e. The summed E-state index contributed by atoms with van der Waals surface area (Å²) in [4.78, 5) is 0. The minimum Gasteiger partial charge on any atom is -0.212 e. The zero-order valence-electron chi connectivity index (χ0n) is 11.0. The largest absolute Gasteiger partial charge is 0.214 e. The van der Waals surface area contributed by atoms with Gasteiger partial charge in [0.05, 0.1) is 5.25 Å². The third-order valence-electron chi connectivity index (χ3n) is 3.68. The molecule has 2 atom stereocenters. The molecule has 0 aromatic heterocycles. The van der Waals surface area contributed by atoms with Gasteiger partial charge < -0.3 is 0 Å². The van der Waals surface area contributed by atoms with E-state index in [1.807, 2.05) is 18.2 Å². The molecule has 18 heavy (non-hydrogen) atoms. The second-order valence-electron chi connectivity index (χ2n) is 5.27. The van der Waals surface area contributed by atoms with E-state index in [-0.39, 0.29) is 11.3 Å². The van der Waals surface area contributed by atoms with Gasteiger partial charge in [0.25, 0.3) is 0 Å². The Morgan fingerprint density at radius 1 is 1.17 bits per heavy atom. The predicted molar refractivity (Wildman–Crippen MR) is 74.0 cm³/mol. The number of sulfonamides is 1. The van der Waals surface area contributed by atoms with Crippen molar-refractivity contribution in [3.8, 4) is 0 Å². The van der Waals surface area contributed by atoms with Gasteiger partial charge >= 0.3 is 0 Å². The molecule has 100 valence electrons. The van der Waals surface area contributed by atoms with E-state index in [0.29, 0.717) is 5.92 Å². The molecule has 0 heterocycles. The Balaban J connectivity index is 2.14. The lowest BCUT2D eigenvalue weighted by molar-refractivity contribution is 0.519. The van der Waals surface area contributed by atoms with Crippen LogP contribution in [-0.2, 0) is 10.0 Å². The molecule has 1 fully saturated rings. The van der Waals surface area contributed by atoms with Crippen LogP contribution in [0.15, 0.2) is 30.3 Å². The Morgan fingerprint density at radius 2 is 1.83 bits per heavy atom. The van der Waals surface area contributed by atoms with Crippen molar-refractivity contribution < 1.29 is 8.42 Å². The molecule has 1 saturated carbocycles. The van der Waals surface area contributed by atoms with E-state index in [1.165, 1.54) is 5.56 Å². The van der Waals surface area contributed by atoms with E-state index in [1.54, 1.807) is 13.8 Å². The summed E-state index contributed by atoms with van der Waals surface area (Å²) in [7, 11) is -3.17. The van der Waals surface area contributed by atoms with Gasteiger partial charge in [0, 0.05) is 12.0 Å². The van der Waals surface area contributed by atoms with Gasteiger partial charge in [-0.15, -0.1) is 0 Å². The first kappa shape index (κ1) is 13.6. The minimum atomic E-state index is -3.17. The molecule has 3 nitrogen and oxygen atoms in total. The highest BCUT2D eigenvalue weighted by Crippen LogP contribution is 2.35. The molecular weight excluding hydrogens is 246 g/mol. The van der Waals surface area contributed by atoms with Crippen LogP contribution in [0.1, 0.15) is 44.6 Å². The highest BCUT2D eigenvalue weighted by Gasteiger charge is 2.32. The van der Waals surface area contributed by atoms with Crippen LogP contribution >= 0.6 is 0 Å². The standard InChI is InChI=1S/C14H21NO2S/c1-11(2)18(16,17)15-14-10-6-9-13(14)12-7-4-3-5-8-12/h3-5,7-8,11,13-15H,6,9-10H2,1-2H3/t13-,14+/m1/s1. The van der Waals surface area contributed by atoms with Crippen molar-refractivity contribution in [1.29, 1.82) is 0 Å². The molecule has 0 radical (unpaired) electrons. The first-order valence-corrected chi connectivity index (χ1v) is 8.11. The Labute approximate surface area is 110 Å². The van der Waals surface area contributed by atoms with Crippen LogP contribution in [0.4, 0.5) is 0 Å². The summed E-state index contributed by atoms with van der Waals surface area (Å²) in [6.07, 6.45) is 3.09. The number of rotatable bonds is 4. The van der Waals surface area contributed by atoms with E-state index in [2.05, 4.69) is 16.9 Å². The first-order chi connectivity index (χ1) is 8.50. The topological polar surface area (TPSA) is 46.2 Å². The SMILES string of the molecule is CC(C)S(=O)(=O)N[C@H]1CCC[C@@H]1c1ccccc1. The Morgan fingerprint density at radius 3 is 2.44 bits per heavy atom. The highest BCUT2D eigenvalue weighted by atomic mass is 32.2. The molecule has 0 bridgehead atoms. The number of nitrogens with one attached hydrogen (secondary N) is 1. The molecule has 1 aromatic rings. The zero-order chi connectivity index (χ0) is 13.2. The molecule has 0 spiro atoms. The van der Waals surface area contributed by atoms with Gasteiger partial charge in [-0.25, -0.2) is 13.1 Å². The number of hydrogen-bond acceptors (Lipinski definition) is 2. The minimum absolute atomic E-state index is 0.0554. The van der Waals surface area contributed by atoms with E-state index in [9.17, 15) is 8.42 Å². The predicted octanol–water partition coefficient (Wildman–Crippen LogP) is 2.65. The maximum absolute atomic E-state index is 12.0. The van der Waals surface area contributed by atoms with Gasteiger partial charge in [-0.05, 0) is 32.3 Å². The van der Waals surface area contributed by atoms with Gasteiger partial charge in [-0.3, -0.25) is 0 Å². The van der Waals surface area contributed by atoms with Crippen LogP contribution in [0, 0.1) is 0 Å². The molecule has 1 aliphatic carbocycles. The smallest absolute Gasteiger partial charge is 0.212 e. The molecule has 0 aliphatic heterocycles. The van der Waals surface area contributed by atoms with Crippen molar-refractivity contribution in [2.24, 2.45) is 0 Å². The second-order valence-corrected chi connectivity index (χ2v) is 7.53. The van der Waals surface area contributed by atoms with Crippen LogP contribution < -0.4 is 4.72 Å². The van der Waals surface area contributed by atoms with Crippen molar-refractivity contribution in [3.05, 3.63) is 35.9 Å². The molecule has 1 N–H and O–H groups in total. The molecule has 4 heteroatoms. The maximum atomic E-state index is 12.0. The summed E-state index contributed by atoms with van der Waals surface area (Å²) in [5.41, 5.74) is 1.24. The van der Waals surface area contributed by atoms with E-state index in [4.69, 9.17) is 0 Å². The van der Waals surface area contributed by atoms with Crippen LogP contribution in [0.25, 0.3) is 0 Å². The third kappa shape index (κ3) is 2.93. The Hall–Kier alpha value is -0.870. The van der Waals surface area contributed by atoms with Gasteiger partial charge in [0.1, 0.15) is 0 Å². The average molecular weight is 267 g/mol. The average Bonchev–Trinajstić information content (AvgIpc) is 2.77. The summed E-state index contributed by atoms with van der Waals surface area (Å²) >= 11 is 0. The highest BCUT2D eigenvalue weighted by molar-refractivity contribution is 7.90. The molecule has 1 aromatic carbocycles. The first-order valence-electron chi connectivity index (χ1n) is 6.57. The van der Waals surface area contributed by atoms with Gasteiger partial charge in [0.15, 0.2) is 0 Å². The molecule has 0 saturated heterocycles. The van der Waals surface area contributed by atoms with Gasteiger partial charge in [0.2, 0.25) is 10.0 Å². The summed E-state index contributed by atoms with van der Waals surface area (Å²) < 4.78 is 26.8. The molecule has 1 aliphatic rings. The zero-order valence-corrected chi connectivity index (χ0v) is 11.8. The fourth-order valence-corrected chi connectivity index (χ4v) is 3.52. The van der Waals surface area contributed by atoms with Crippen LogP contribution in [0.3, 0.4) is 0 Å². The fourth-order valence-electron chi connectivity index (χ4n) is 2.55. The van der Waals surface area contributed by atoms with Crippen LogP contribution in [0.5, 0.6) is 0 Å². The summed E-state index contributed by atoms with van der Waals surface area (Å²) in [6, 6.07) is 10.3. The Kier molecular flexibility index (Phi) is 4.07. The van der Waals surface area contributed by atoms with Crippen molar-refractivity contribution in [1.82, 2.24) is 4.72 Å². The van der Waals surface area contributed by atoms with Crippen LogP contribution in [-0.4, -0.2) is 19.7 Å². The van der Waals surface area contributed by atoms with E-state index >= 15 is 0 Å². The fraction of sp³-hybridized carbons (Fsp3) is 0.571. The number of hydrogen-bond donors (Lipinski definition) is 1. The molecule has 2 rings (SSSR count). The van der Waals surface area contributed by atoms with Gasteiger partial charge in [-0.1, -0.05) is 36.8 Å². The lowest BCUT2D eigenvalue weighted by Gasteiger charge is -2.22. The van der Waals surface area contributed by atoms with Crippen LogP contribution in [0.2, 0.25) is 0 Å². The second kappa shape index (κ2) is 5.41. The monoisotopic (exact) mass is 267 g/mol. The normalized spacial score (nSPS) is 24.6. The van der Waals surface area contributed by atoms with E-state index in [0.717, 1.165) is 19.3 Å². The van der Waals surface area contributed by atoms with Gasteiger partial charge in [-0.2, -0.15) is 0 Å².